The van der Waals surface area contributed by atoms with E-state index in [0.717, 1.165) is 5.57 Å². The molecule has 0 aliphatic heterocycles. The Balaban J connectivity index is -0.000000270. The van der Waals surface area contributed by atoms with Gasteiger partial charge in [0.25, 0.3) is 0 Å². The molecule has 0 aromatic rings. The molecule has 1 aliphatic carbocycles. The molecule has 0 nitrogen and oxygen atoms in total. The van der Waals surface area contributed by atoms with E-state index < -0.39 is 0 Å². The third-order valence-corrected chi connectivity index (χ3v) is 0.996. The van der Waals surface area contributed by atoms with Crippen LogP contribution in [0.5, 0.6) is 0 Å². The number of rotatable bonds is 1. The third kappa shape index (κ3) is 6.65. The number of hydrogen-bond donors (Lipinski definition) is 0. The summed E-state index contributed by atoms with van der Waals surface area (Å²) in [4.78, 5) is 0. The number of hydrogen-bond acceptors (Lipinski definition) is 0. The van der Waals surface area contributed by atoms with Gasteiger partial charge in [-0.1, -0.05) is 0 Å². The van der Waals surface area contributed by atoms with Crippen molar-refractivity contribution in [3.63, 3.8) is 0 Å². The van der Waals surface area contributed by atoms with Gasteiger partial charge in [-0.05, 0) is 5.57 Å². The molecule has 3 heteroatoms. The van der Waals surface area contributed by atoms with E-state index >= 15 is 0 Å². The van der Waals surface area contributed by atoms with Crippen molar-refractivity contribution in [1.29, 1.82) is 0 Å². The summed E-state index contributed by atoms with van der Waals surface area (Å²) in [5.74, 6) is 0. The largest absolute Gasteiger partial charge is 2.00 e. The Morgan fingerprint density at radius 2 is 2.08 bits per heavy atom. The molecular formula is C9H6Cl2Os. The van der Waals surface area contributed by atoms with E-state index in [2.05, 4.69) is 5.73 Å². The van der Waals surface area contributed by atoms with Crippen LogP contribution in [0.1, 0.15) is 0 Å². The molecule has 2 radical (unpaired) electrons. The van der Waals surface area contributed by atoms with Crippen molar-refractivity contribution in [2.24, 2.45) is 0 Å². The van der Waals surface area contributed by atoms with Gasteiger partial charge < -0.3 is 24.8 Å². The van der Waals surface area contributed by atoms with E-state index in [9.17, 15) is 0 Å². The van der Waals surface area contributed by atoms with E-state index in [-0.39, 0.29) is 44.6 Å². The van der Waals surface area contributed by atoms with Crippen molar-refractivity contribution in [3.8, 4) is 0 Å². The predicted octanol–water partition coefficient (Wildman–Crippen LogP) is -4.01. The van der Waals surface area contributed by atoms with Gasteiger partial charge in [-0.15, -0.1) is 12.2 Å². The molecule has 0 atom stereocenters. The zero-order valence-electron chi connectivity index (χ0n) is 6.07. The molecule has 0 fully saturated rings. The predicted molar refractivity (Wildman–Crippen MR) is 37.4 cm³/mol. The summed E-state index contributed by atoms with van der Waals surface area (Å²) in [6.45, 7) is 6.74. The molecule has 0 N–H and O–H groups in total. The summed E-state index contributed by atoms with van der Waals surface area (Å²) in [6.07, 6.45) is 10.5. The van der Waals surface area contributed by atoms with E-state index in [4.69, 9.17) is 6.92 Å². The van der Waals surface area contributed by atoms with Crippen LogP contribution in [0, 0.1) is 13.3 Å². The van der Waals surface area contributed by atoms with Crippen molar-refractivity contribution in [2.45, 2.75) is 0 Å². The minimum absolute atomic E-state index is 0. The molecule has 0 bridgehead atoms. The fourth-order valence-electron chi connectivity index (χ4n) is 0.601. The van der Waals surface area contributed by atoms with Crippen LogP contribution in [0.15, 0.2) is 41.7 Å². The first kappa shape index (κ1) is 17.9. The van der Waals surface area contributed by atoms with Crippen LogP contribution in [-0.2, 0) is 19.8 Å². The van der Waals surface area contributed by atoms with Gasteiger partial charge in [0, 0.05) is 0 Å². The Bertz CT molecular complexity index is 211. The summed E-state index contributed by atoms with van der Waals surface area (Å²) in [7, 11) is 0. The fourth-order valence-corrected chi connectivity index (χ4v) is 0.601. The van der Waals surface area contributed by atoms with Crippen LogP contribution < -0.4 is 24.8 Å². The maximum absolute atomic E-state index is 6.74. The molecule has 1 aliphatic rings. The van der Waals surface area contributed by atoms with Crippen LogP contribution in [0.3, 0.4) is 0 Å². The Morgan fingerprint density at radius 1 is 1.42 bits per heavy atom. The van der Waals surface area contributed by atoms with Gasteiger partial charge in [0.15, 0.2) is 6.08 Å². The zero-order valence-corrected chi connectivity index (χ0v) is 10.1. The standard InChI is InChI=1S/C9H6.2ClH.Os/c1-2-6-9-7-4-3-5-8-9;;;/h2-7H;2*1H;/q;;;+2/p-2/b6-2-;;;. The molecule has 0 unspecified atom stereocenters. The topological polar surface area (TPSA) is 0 Å². The minimum atomic E-state index is 0. The van der Waals surface area contributed by atoms with Crippen molar-refractivity contribution in [2.75, 3.05) is 0 Å². The second-order valence-corrected chi connectivity index (χ2v) is 1.65. The molecular weight excluding hydrogens is 369 g/mol. The number of allylic oxidation sites excluding steroid dienone is 5. The molecule has 0 aromatic heterocycles. The second-order valence-electron chi connectivity index (χ2n) is 1.65. The molecule has 0 spiro atoms. The van der Waals surface area contributed by atoms with Crippen molar-refractivity contribution >= 4 is 0 Å². The van der Waals surface area contributed by atoms with Crippen molar-refractivity contribution in [1.82, 2.24) is 0 Å². The summed E-state index contributed by atoms with van der Waals surface area (Å²) in [6, 6.07) is 0. The molecule has 64 valence electrons. The van der Waals surface area contributed by atoms with Crippen molar-refractivity contribution < 1.29 is 44.6 Å². The monoisotopic (exact) mass is 376 g/mol. The van der Waals surface area contributed by atoms with E-state index in [0.29, 0.717) is 0 Å². The molecule has 12 heavy (non-hydrogen) atoms. The number of halogens is 2. The first-order valence-corrected chi connectivity index (χ1v) is 2.74. The molecule has 0 amide bonds. The zero-order chi connectivity index (χ0) is 6.53. The average molecular weight is 375 g/mol. The quantitative estimate of drug-likeness (QED) is 0.324. The van der Waals surface area contributed by atoms with Gasteiger partial charge in [0.05, 0.1) is 6.08 Å². The average Bonchev–Trinajstić information content (AvgIpc) is 1.91. The Hall–Kier alpha value is -0.0436. The van der Waals surface area contributed by atoms with Gasteiger partial charge in [0.1, 0.15) is 0 Å². The third-order valence-electron chi connectivity index (χ3n) is 0.996. The summed E-state index contributed by atoms with van der Waals surface area (Å²) in [5.41, 5.74) is 3.91. The van der Waals surface area contributed by atoms with Crippen LogP contribution in [0.2, 0.25) is 0 Å². The van der Waals surface area contributed by atoms with Gasteiger partial charge in [-0.2, -0.15) is 12.5 Å². The van der Waals surface area contributed by atoms with Gasteiger partial charge in [0.2, 0.25) is 0 Å². The molecule has 0 saturated heterocycles. The van der Waals surface area contributed by atoms with Crippen LogP contribution in [-0.4, -0.2) is 0 Å². The van der Waals surface area contributed by atoms with E-state index in [1.54, 1.807) is 6.08 Å². The Labute approximate surface area is 99.4 Å². The van der Waals surface area contributed by atoms with Gasteiger partial charge in [-0.25, -0.2) is 0 Å². The van der Waals surface area contributed by atoms with Crippen LogP contribution in [0.4, 0.5) is 0 Å². The molecule has 1 rings (SSSR count). The van der Waals surface area contributed by atoms with Gasteiger partial charge in [-0.3, -0.25) is 5.73 Å². The van der Waals surface area contributed by atoms with Crippen LogP contribution >= 0.6 is 0 Å². The fraction of sp³-hybridized carbons (Fsp3) is 0. The minimum Gasteiger partial charge on any atom is -1.00 e. The van der Waals surface area contributed by atoms with Gasteiger partial charge >= 0.3 is 26.7 Å². The SMILES string of the molecule is [C+]/C=C\C1=C=C[CH-]C=C1.[Cl-].[Cl-].[Os+2]. The molecule has 0 aromatic carbocycles. The maximum Gasteiger partial charge on any atom is 2.00 e. The first-order chi connectivity index (χ1) is 4.43. The van der Waals surface area contributed by atoms with E-state index in [1.807, 2.05) is 24.6 Å². The normalized spacial score (nSPS) is 11.8. The smallest absolute Gasteiger partial charge is 1.00 e. The molecule has 0 saturated carbocycles. The van der Waals surface area contributed by atoms with Crippen LogP contribution in [0.25, 0.3) is 0 Å². The summed E-state index contributed by atoms with van der Waals surface area (Å²) >= 11 is 0. The first-order valence-electron chi connectivity index (χ1n) is 2.74. The van der Waals surface area contributed by atoms with Crippen molar-refractivity contribution in [3.05, 3.63) is 55.0 Å². The Kier molecular flexibility index (Phi) is 16.3. The Morgan fingerprint density at radius 3 is 2.50 bits per heavy atom. The summed E-state index contributed by atoms with van der Waals surface area (Å²) in [5, 5.41) is 0. The second kappa shape index (κ2) is 11.0. The summed E-state index contributed by atoms with van der Waals surface area (Å²) < 4.78 is 0. The van der Waals surface area contributed by atoms with E-state index in [1.165, 1.54) is 6.08 Å². The maximum atomic E-state index is 6.74. The molecule has 0 heterocycles.